The van der Waals surface area contributed by atoms with Gasteiger partial charge in [0.2, 0.25) is 29.9 Å². The van der Waals surface area contributed by atoms with Gasteiger partial charge < -0.3 is 22.1 Å². The lowest BCUT2D eigenvalue weighted by Gasteiger charge is -2.20. The minimum absolute atomic E-state index is 0.144. The van der Waals surface area contributed by atoms with Gasteiger partial charge in [0.05, 0.1) is 24.2 Å². The molecule has 0 aliphatic rings. The number of hydrogen-bond acceptors (Lipinski definition) is 7. The minimum atomic E-state index is -3.02. The third kappa shape index (κ3) is 8.63. The number of alkyl halides is 2. The summed E-state index contributed by atoms with van der Waals surface area (Å²) >= 11 is 0. The van der Waals surface area contributed by atoms with Gasteiger partial charge in [-0.25, -0.2) is 8.78 Å². The number of nitrogens with one attached hydrogen (secondary N) is 2. The van der Waals surface area contributed by atoms with Crippen LogP contribution in [0.15, 0.2) is 60.7 Å². The van der Waals surface area contributed by atoms with E-state index < -0.39 is 65.7 Å². The molecule has 0 radical (unpaired) electrons. The van der Waals surface area contributed by atoms with Gasteiger partial charge in [0.1, 0.15) is 0 Å². The summed E-state index contributed by atoms with van der Waals surface area (Å²) in [5.74, 6) is -6.35. The number of amides is 2. The van der Waals surface area contributed by atoms with Crippen LogP contribution in [0.3, 0.4) is 0 Å². The van der Waals surface area contributed by atoms with Crippen LogP contribution in [0, 0.1) is 0 Å². The van der Waals surface area contributed by atoms with Crippen molar-refractivity contribution in [1.29, 1.82) is 0 Å². The molecule has 0 aliphatic carbocycles. The van der Waals surface area contributed by atoms with E-state index in [2.05, 4.69) is 10.6 Å². The molecular formula is C27H32F2N4O5. The Morgan fingerprint density at radius 1 is 0.632 bits per heavy atom. The third-order valence-electron chi connectivity index (χ3n) is 5.84. The molecule has 0 spiro atoms. The van der Waals surface area contributed by atoms with E-state index in [1.54, 1.807) is 60.7 Å². The van der Waals surface area contributed by atoms with Crippen molar-refractivity contribution in [2.24, 2.45) is 11.5 Å². The predicted octanol–water partition coefficient (Wildman–Crippen LogP) is 0.519. The maximum absolute atomic E-state index is 14.6. The minimum Gasteiger partial charge on any atom is -0.345 e. The van der Waals surface area contributed by atoms with Crippen molar-refractivity contribution in [3.05, 3.63) is 71.8 Å². The van der Waals surface area contributed by atoms with E-state index >= 15 is 0 Å². The summed E-state index contributed by atoms with van der Waals surface area (Å²) in [5.41, 5.74) is 13.2. The Morgan fingerprint density at radius 3 is 1.26 bits per heavy atom. The van der Waals surface area contributed by atoms with Crippen LogP contribution < -0.4 is 22.1 Å². The molecule has 2 aromatic rings. The van der Waals surface area contributed by atoms with Gasteiger partial charge in [0.25, 0.3) is 0 Å². The number of benzene rings is 2. The number of Topliss-reactive ketones (excluding diaryl/α,β-unsaturated/α-hetero) is 3. The molecule has 38 heavy (non-hydrogen) atoms. The monoisotopic (exact) mass is 530 g/mol. The first-order valence-electron chi connectivity index (χ1n) is 12.0. The van der Waals surface area contributed by atoms with Crippen LogP contribution in [0.2, 0.25) is 0 Å². The molecule has 2 unspecified atom stereocenters. The van der Waals surface area contributed by atoms with Gasteiger partial charge in [-0.1, -0.05) is 60.7 Å². The Morgan fingerprint density at radius 2 is 0.947 bits per heavy atom. The molecule has 0 saturated heterocycles. The number of rotatable bonds is 14. The zero-order valence-electron chi connectivity index (χ0n) is 21.1. The van der Waals surface area contributed by atoms with E-state index in [4.69, 9.17) is 11.5 Å². The van der Waals surface area contributed by atoms with E-state index in [9.17, 15) is 32.8 Å². The summed E-state index contributed by atoms with van der Waals surface area (Å²) < 4.78 is 29.1. The first kappa shape index (κ1) is 30.4. The zero-order valence-corrected chi connectivity index (χ0v) is 21.1. The molecule has 6 N–H and O–H groups in total. The highest BCUT2D eigenvalue weighted by molar-refractivity contribution is 6.18. The maximum atomic E-state index is 14.6. The molecule has 0 fully saturated rings. The Balaban J connectivity index is 1.88. The summed E-state index contributed by atoms with van der Waals surface area (Å²) in [6.45, 7) is 2.22. The fourth-order valence-corrected chi connectivity index (χ4v) is 3.55. The predicted molar refractivity (Wildman–Crippen MR) is 136 cm³/mol. The summed E-state index contributed by atoms with van der Waals surface area (Å²) in [4.78, 5) is 61.4. The molecule has 0 aliphatic heterocycles. The highest BCUT2D eigenvalue weighted by atomic mass is 19.1. The number of nitrogens with two attached hydrogens (primary N) is 2. The van der Waals surface area contributed by atoms with Crippen molar-refractivity contribution in [2.75, 3.05) is 0 Å². The van der Waals surface area contributed by atoms with Crippen molar-refractivity contribution in [3.63, 3.8) is 0 Å². The second-order valence-corrected chi connectivity index (χ2v) is 8.99. The van der Waals surface area contributed by atoms with Gasteiger partial charge >= 0.3 is 0 Å². The van der Waals surface area contributed by atoms with Crippen molar-refractivity contribution in [2.45, 2.75) is 63.2 Å². The second-order valence-electron chi connectivity index (χ2n) is 8.99. The van der Waals surface area contributed by atoms with Crippen molar-refractivity contribution < 1.29 is 32.8 Å². The van der Waals surface area contributed by atoms with Crippen LogP contribution >= 0.6 is 0 Å². The Labute approximate surface area is 219 Å². The van der Waals surface area contributed by atoms with E-state index in [0.29, 0.717) is 0 Å². The van der Waals surface area contributed by atoms with Crippen LogP contribution in [0.5, 0.6) is 0 Å². The first-order valence-corrected chi connectivity index (χ1v) is 12.0. The molecule has 11 heteroatoms. The lowest BCUT2D eigenvalue weighted by Crippen LogP contribution is -2.53. The molecule has 2 aromatic carbocycles. The SMILES string of the molecule is C[C@H](NC(=O)[C@@H](N)Cc1ccccc1)C(=O)C(F)C(=O)C(F)C(=O)[C@H](C)NC(=O)[C@@H](N)Cc1ccccc1. The molecular weight excluding hydrogens is 498 g/mol. The molecule has 9 nitrogen and oxygen atoms in total. The summed E-state index contributed by atoms with van der Waals surface area (Å²) in [7, 11) is 0. The largest absolute Gasteiger partial charge is 0.345 e. The Kier molecular flexibility index (Phi) is 11.4. The highest BCUT2D eigenvalue weighted by Gasteiger charge is 2.40. The summed E-state index contributed by atoms with van der Waals surface area (Å²) in [6, 6.07) is 12.4. The lowest BCUT2D eigenvalue weighted by molar-refractivity contribution is -0.143. The van der Waals surface area contributed by atoms with E-state index in [0.717, 1.165) is 25.0 Å². The van der Waals surface area contributed by atoms with Gasteiger partial charge in [-0.2, -0.15) is 0 Å². The van der Waals surface area contributed by atoms with Gasteiger partial charge in [-0.15, -0.1) is 0 Å². The summed E-state index contributed by atoms with van der Waals surface area (Å²) in [6.07, 6.45) is -5.74. The third-order valence-corrected chi connectivity index (χ3v) is 5.84. The first-order chi connectivity index (χ1) is 17.9. The molecule has 0 aromatic heterocycles. The van der Waals surface area contributed by atoms with Crippen LogP contribution in [0.25, 0.3) is 0 Å². The van der Waals surface area contributed by atoms with Crippen molar-refractivity contribution in [3.8, 4) is 0 Å². The highest BCUT2D eigenvalue weighted by Crippen LogP contribution is 2.10. The second kappa shape index (κ2) is 14.2. The van der Waals surface area contributed by atoms with Crippen molar-refractivity contribution in [1.82, 2.24) is 10.6 Å². The van der Waals surface area contributed by atoms with Crippen LogP contribution in [-0.2, 0) is 36.8 Å². The average Bonchev–Trinajstić information content (AvgIpc) is 2.91. The number of hydrogen-bond donors (Lipinski definition) is 4. The van der Waals surface area contributed by atoms with E-state index in [-0.39, 0.29) is 12.8 Å². The molecule has 6 atom stereocenters. The number of carbonyl (C=O) groups is 5. The van der Waals surface area contributed by atoms with Gasteiger partial charge in [0.15, 0.2) is 11.6 Å². The molecule has 204 valence electrons. The van der Waals surface area contributed by atoms with Crippen LogP contribution in [0.4, 0.5) is 8.78 Å². The normalized spacial score (nSPS) is 15.7. The van der Waals surface area contributed by atoms with Crippen LogP contribution in [-0.4, -0.2) is 65.7 Å². The lowest BCUT2D eigenvalue weighted by atomic mass is 9.98. The topological polar surface area (TPSA) is 161 Å². The Bertz CT molecular complexity index is 1050. The maximum Gasteiger partial charge on any atom is 0.237 e. The smallest absolute Gasteiger partial charge is 0.237 e. The molecule has 0 bridgehead atoms. The molecule has 0 saturated carbocycles. The molecule has 0 heterocycles. The fourth-order valence-electron chi connectivity index (χ4n) is 3.55. The average molecular weight is 531 g/mol. The quantitative estimate of drug-likeness (QED) is 0.259. The standard InChI is InChI=1S/C27H32F2N4O5/c1-15(32-26(37)19(30)13-17-9-5-3-6-10-17)23(34)21(28)25(36)22(29)24(35)16(2)33-27(38)20(31)14-18-11-7-4-8-12-18/h3-12,15-16,19-22H,13-14,30-31H2,1-2H3,(H,32,37)(H,33,38)/t15-,16-,19-,20-,21?,22?/m0/s1. The summed E-state index contributed by atoms with van der Waals surface area (Å²) in [5, 5.41) is 4.40. The van der Waals surface area contributed by atoms with Gasteiger partial charge in [-0.3, -0.25) is 24.0 Å². The van der Waals surface area contributed by atoms with Crippen molar-refractivity contribution >= 4 is 29.2 Å². The fraction of sp³-hybridized carbons (Fsp3) is 0.370. The number of ketones is 3. The number of carbonyl (C=O) groups excluding carboxylic acids is 5. The van der Waals surface area contributed by atoms with E-state index in [1.807, 2.05) is 0 Å². The molecule has 2 amide bonds. The zero-order chi connectivity index (χ0) is 28.4. The van der Waals surface area contributed by atoms with Crippen LogP contribution in [0.1, 0.15) is 25.0 Å². The van der Waals surface area contributed by atoms with Gasteiger partial charge in [0, 0.05) is 0 Å². The molecule has 2 rings (SSSR count). The van der Waals surface area contributed by atoms with Gasteiger partial charge in [-0.05, 0) is 37.8 Å². The Hall–Kier alpha value is -3.83. The number of halogens is 2. The van der Waals surface area contributed by atoms with E-state index in [1.165, 1.54) is 0 Å².